The average molecular weight is 226 g/mol. The van der Waals surface area contributed by atoms with E-state index in [1.165, 1.54) is 6.08 Å². The molecular formula is C10H18N4O2. The van der Waals surface area contributed by atoms with Gasteiger partial charge in [-0.15, -0.1) is 0 Å². The van der Waals surface area contributed by atoms with Crippen molar-refractivity contribution in [2.24, 2.45) is 11.5 Å². The van der Waals surface area contributed by atoms with Gasteiger partial charge in [-0.05, 0) is 0 Å². The fourth-order valence-corrected chi connectivity index (χ4v) is 1.58. The van der Waals surface area contributed by atoms with Crippen LogP contribution in [0.3, 0.4) is 0 Å². The summed E-state index contributed by atoms with van der Waals surface area (Å²) in [6.07, 6.45) is 3.48. The molecule has 90 valence electrons. The van der Waals surface area contributed by atoms with Gasteiger partial charge < -0.3 is 16.4 Å². The molecule has 1 aliphatic rings. The number of piperazine rings is 1. The highest BCUT2D eigenvalue weighted by Gasteiger charge is 2.14. The molecule has 1 rings (SSSR count). The first-order chi connectivity index (χ1) is 7.58. The first-order valence-electron chi connectivity index (χ1n) is 5.30. The van der Waals surface area contributed by atoms with E-state index < -0.39 is 5.91 Å². The van der Waals surface area contributed by atoms with Gasteiger partial charge in [0.15, 0.2) is 0 Å². The van der Waals surface area contributed by atoms with E-state index in [2.05, 4.69) is 4.90 Å². The second kappa shape index (κ2) is 6.12. The lowest BCUT2D eigenvalue weighted by Crippen LogP contribution is -2.45. The molecule has 1 fully saturated rings. The summed E-state index contributed by atoms with van der Waals surface area (Å²) in [6.45, 7) is 4.13. The maximum absolute atomic E-state index is 10.6. The highest BCUT2D eigenvalue weighted by atomic mass is 16.1. The number of carbonyl (C=O) groups is 2. The Kier molecular flexibility index (Phi) is 4.78. The van der Waals surface area contributed by atoms with Crippen LogP contribution in [0.2, 0.25) is 0 Å². The summed E-state index contributed by atoms with van der Waals surface area (Å²) in [5.41, 5.74) is 10.1. The Morgan fingerprint density at radius 1 is 1.12 bits per heavy atom. The van der Waals surface area contributed by atoms with Crippen molar-refractivity contribution in [2.75, 3.05) is 32.7 Å². The van der Waals surface area contributed by atoms with Crippen LogP contribution in [-0.4, -0.2) is 54.3 Å². The molecule has 1 aliphatic heterocycles. The molecule has 0 aromatic heterocycles. The Balaban J connectivity index is 2.23. The molecule has 0 atom stereocenters. The zero-order chi connectivity index (χ0) is 12.0. The minimum absolute atomic E-state index is 0.268. The smallest absolute Gasteiger partial charge is 0.242 e. The van der Waals surface area contributed by atoms with Crippen LogP contribution in [0.15, 0.2) is 12.3 Å². The van der Waals surface area contributed by atoms with E-state index in [0.29, 0.717) is 13.0 Å². The summed E-state index contributed by atoms with van der Waals surface area (Å²) in [4.78, 5) is 25.4. The first kappa shape index (κ1) is 12.5. The van der Waals surface area contributed by atoms with Crippen molar-refractivity contribution in [3.63, 3.8) is 0 Å². The average Bonchev–Trinajstić information content (AvgIpc) is 2.25. The molecule has 0 radical (unpaired) electrons. The molecular weight excluding hydrogens is 208 g/mol. The molecule has 0 aromatic carbocycles. The maximum atomic E-state index is 10.6. The highest BCUT2D eigenvalue weighted by Crippen LogP contribution is 2.02. The fourth-order valence-electron chi connectivity index (χ4n) is 1.58. The first-order valence-corrected chi connectivity index (χ1v) is 5.30. The van der Waals surface area contributed by atoms with Crippen molar-refractivity contribution in [1.29, 1.82) is 0 Å². The lowest BCUT2D eigenvalue weighted by atomic mass is 10.3. The summed E-state index contributed by atoms with van der Waals surface area (Å²) in [6, 6.07) is 0. The van der Waals surface area contributed by atoms with Gasteiger partial charge in [0.05, 0.1) is 0 Å². The van der Waals surface area contributed by atoms with E-state index in [0.717, 1.165) is 26.2 Å². The summed E-state index contributed by atoms with van der Waals surface area (Å²) in [5.74, 6) is -0.702. The molecule has 0 aromatic rings. The van der Waals surface area contributed by atoms with E-state index in [-0.39, 0.29) is 5.91 Å². The largest absolute Gasteiger partial charge is 0.375 e. The van der Waals surface area contributed by atoms with Crippen molar-refractivity contribution in [3.8, 4) is 0 Å². The predicted molar refractivity (Wildman–Crippen MR) is 60.2 cm³/mol. The summed E-state index contributed by atoms with van der Waals surface area (Å²) < 4.78 is 0. The standard InChI is InChI=1S/C10H18N4O2/c11-9(15)1-3-13-5-7-14(8-6-13)4-2-10(12)16/h1,3H,2,4-8H2,(H2,11,15)(H2,12,16)/b3-1-. The van der Waals surface area contributed by atoms with Gasteiger partial charge in [-0.3, -0.25) is 14.5 Å². The molecule has 0 bridgehead atoms. The molecule has 6 heteroatoms. The molecule has 0 unspecified atom stereocenters. The Bertz CT molecular complexity index is 283. The van der Waals surface area contributed by atoms with Gasteiger partial charge in [0.2, 0.25) is 11.8 Å². The van der Waals surface area contributed by atoms with E-state index in [9.17, 15) is 9.59 Å². The molecule has 0 aliphatic carbocycles. The zero-order valence-corrected chi connectivity index (χ0v) is 9.26. The van der Waals surface area contributed by atoms with Gasteiger partial charge in [0.25, 0.3) is 0 Å². The van der Waals surface area contributed by atoms with E-state index >= 15 is 0 Å². The quantitative estimate of drug-likeness (QED) is 0.557. The number of primary amides is 2. The van der Waals surface area contributed by atoms with Gasteiger partial charge in [-0.25, -0.2) is 0 Å². The predicted octanol–water partition coefficient (Wildman–Crippen LogP) is -1.52. The number of hydrogen-bond acceptors (Lipinski definition) is 4. The third-order valence-corrected chi connectivity index (χ3v) is 2.53. The van der Waals surface area contributed by atoms with Crippen molar-refractivity contribution in [2.45, 2.75) is 6.42 Å². The fraction of sp³-hybridized carbons (Fsp3) is 0.600. The van der Waals surface area contributed by atoms with Crippen LogP contribution in [0, 0.1) is 0 Å². The minimum Gasteiger partial charge on any atom is -0.375 e. The summed E-state index contributed by atoms with van der Waals surface area (Å²) in [7, 11) is 0. The second-order valence-electron chi connectivity index (χ2n) is 3.81. The third-order valence-electron chi connectivity index (χ3n) is 2.53. The maximum Gasteiger partial charge on any atom is 0.242 e. The molecule has 1 heterocycles. The van der Waals surface area contributed by atoms with Gasteiger partial charge >= 0.3 is 0 Å². The molecule has 0 saturated carbocycles. The van der Waals surface area contributed by atoms with Crippen LogP contribution in [0.25, 0.3) is 0 Å². The second-order valence-corrected chi connectivity index (χ2v) is 3.81. The van der Waals surface area contributed by atoms with Crippen molar-refractivity contribution < 1.29 is 9.59 Å². The SMILES string of the molecule is NC(=O)/C=C\N1CCN(CCC(N)=O)CC1. The zero-order valence-electron chi connectivity index (χ0n) is 9.26. The Morgan fingerprint density at radius 3 is 2.25 bits per heavy atom. The van der Waals surface area contributed by atoms with Crippen molar-refractivity contribution >= 4 is 11.8 Å². The number of amides is 2. The number of nitrogens with zero attached hydrogens (tertiary/aromatic N) is 2. The molecule has 1 saturated heterocycles. The number of carbonyl (C=O) groups excluding carboxylic acids is 2. The van der Waals surface area contributed by atoms with E-state index in [1.807, 2.05) is 4.90 Å². The van der Waals surface area contributed by atoms with Gasteiger partial charge in [-0.1, -0.05) is 0 Å². The van der Waals surface area contributed by atoms with Crippen LogP contribution in [0.1, 0.15) is 6.42 Å². The van der Waals surface area contributed by atoms with Crippen molar-refractivity contribution in [3.05, 3.63) is 12.3 Å². The van der Waals surface area contributed by atoms with Crippen molar-refractivity contribution in [1.82, 2.24) is 9.80 Å². The molecule has 6 nitrogen and oxygen atoms in total. The van der Waals surface area contributed by atoms with Gasteiger partial charge in [0.1, 0.15) is 0 Å². The highest BCUT2D eigenvalue weighted by molar-refractivity contribution is 5.85. The monoisotopic (exact) mass is 226 g/mol. The Labute approximate surface area is 94.9 Å². The minimum atomic E-state index is -0.434. The topological polar surface area (TPSA) is 92.7 Å². The molecule has 16 heavy (non-hydrogen) atoms. The van der Waals surface area contributed by atoms with Crippen LogP contribution >= 0.6 is 0 Å². The van der Waals surface area contributed by atoms with Crippen LogP contribution < -0.4 is 11.5 Å². The Morgan fingerprint density at radius 2 is 1.75 bits per heavy atom. The number of nitrogens with two attached hydrogens (primary N) is 2. The van der Waals surface area contributed by atoms with Crippen LogP contribution in [0.5, 0.6) is 0 Å². The van der Waals surface area contributed by atoms with Crippen LogP contribution in [-0.2, 0) is 9.59 Å². The normalized spacial score (nSPS) is 17.9. The molecule has 2 amide bonds. The van der Waals surface area contributed by atoms with E-state index in [1.54, 1.807) is 6.20 Å². The lowest BCUT2D eigenvalue weighted by molar-refractivity contribution is -0.118. The number of rotatable bonds is 5. The van der Waals surface area contributed by atoms with Gasteiger partial charge in [-0.2, -0.15) is 0 Å². The summed E-state index contributed by atoms with van der Waals surface area (Å²) >= 11 is 0. The number of hydrogen-bond donors (Lipinski definition) is 2. The van der Waals surface area contributed by atoms with Gasteiger partial charge in [0, 0.05) is 51.4 Å². The Hall–Kier alpha value is -1.56. The third kappa shape index (κ3) is 4.79. The van der Waals surface area contributed by atoms with E-state index in [4.69, 9.17) is 11.5 Å². The van der Waals surface area contributed by atoms with Crippen LogP contribution in [0.4, 0.5) is 0 Å². The lowest BCUT2D eigenvalue weighted by Gasteiger charge is -2.33. The molecule has 0 spiro atoms. The molecule has 4 N–H and O–H groups in total. The summed E-state index contributed by atoms with van der Waals surface area (Å²) in [5, 5.41) is 0.